The number of ether oxygens (including phenoxy) is 1. The Kier molecular flexibility index (Phi) is 7.60. The summed E-state index contributed by atoms with van der Waals surface area (Å²) in [6, 6.07) is 0. The van der Waals surface area contributed by atoms with Crippen molar-refractivity contribution in [3.63, 3.8) is 0 Å². The number of allylic oxidation sites excluding steroid dienone is 1. The number of carbonyl (C=O) groups excluding carboxylic acids is 1. The zero-order valence-corrected chi connectivity index (χ0v) is 8.88. The minimum atomic E-state index is 0.274. The summed E-state index contributed by atoms with van der Waals surface area (Å²) in [7, 11) is 1.73. The Bertz CT molecular complexity index is 161. The Hall–Kier alpha value is -0.630. The summed E-state index contributed by atoms with van der Waals surface area (Å²) in [5.41, 5.74) is 1.10. The van der Waals surface area contributed by atoms with E-state index in [-0.39, 0.29) is 6.10 Å². The van der Waals surface area contributed by atoms with Gasteiger partial charge < -0.3 is 4.74 Å². The first-order valence-electron chi connectivity index (χ1n) is 4.88. The van der Waals surface area contributed by atoms with Gasteiger partial charge in [-0.05, 0) is 25.8 Å². The molecule has 0 aliphatic heterocycles. The largest absolute Gasteiger partial charge is 0.381 e. The first kappa shape index (κ1) is 12.4. The predicted molar refractivity (Wildman–Crippen MR) is 54.8 cm³/mol. The van der Waals surface area contributed by atoms with Crippen molar-refractivity contribution in [2.24, 2.45) is 0 Å². The van der Waals surface area contributed by atoms with Crippen LogP contribution in [0.4, 0.5) is 0 Å². The molecule has 0 N–H and O–H groups in total. The zero-order chi connectivity index (χ0) is 10.1. The van der Waals surface area contributed by atoms with Crippen LogP contribution in [0.1, 0.15) is 39.5 Å². The van der Waals surface area contributed by atoms with Gasteiger partial charge in [-0.15, -0.1) is 0 Å². The number of hydrogen-bond acceptors (Lipinski definition) is 2. The first-order chi connectivity index (χ1) is 6.24. The SMILES string of the molecule is CCCCC(C/C(C)=C/C=O)OC. The van der Waals surface area contributed by atoms with Crippen LogP contribution in [0.2, 0.25) is 0 Å². The molecule has 13 heavy (non-hydrogen) atoms. The van der Waals surface area contributed by atoms with Crippen LogP contribution >= 0.6 is 0 Å². The highest BCUT2D eigenvalue weighted by molar-refractivity contribution is 5.65. The predicted octanol–water partition coefficient (Wildman–Crippen LogP) is 2.73. The van der Waals surface area contributed by atoms with Crippen molar-refractivity contribution < 1.29 is 9.53 Å². The van der Waals surface area contributed by atoms with Gasteiger partial charge in [-0.3, -0.25) is 4.79 Å². The summed E-state index contributed by atoms with van der Waals surface area (Å²) in [4.78, 5) is 10.2. The zero-order valence-electron chi connectivity index (χ0n) is 8.88. The maximum Gasteiger partial charge on any atom is 0.142 e. The van der Waals surface area contributed by atoms with E-state index in [4.69, 9.17) is 4.74 Å². The quantitative estimate of drug-likeness (QED) is 0.449. The van der Waals surface area contributed by atoms with Crippen molar-refractivity contribution in [1.29, 1.82) is 0 Å². The molecule has 0 heterocycles. The molecule has 0 aromatic carbocycles. The van der Waals surface area contributed by atoms with Crippen LogP contribution in [-0.4, -0.2) is 19.5 Å². The fourth-order valence-electron chi connectivity index (χ4n) is 1.28. The summed E-state index contributed by atoms with van der Waals surface area (Å²) in [5, 5.41) is 0. The third-order valence-electron chi connectivity index (χ3n) is 2.12. The molecule has 0 radical (unpaired) electrons. The van der Waals surface area contributed by atoms with Crippen LogP contribution in [0, 0.1) is 0 Å². The maximum atomic E-state index is 10.2. The molecule has 1 unspecified atom stereocenters. The lowest BCUT2D eigenvalue weighted by Gasteiger charge is -2.14. The number of methoxy groups -OCH3 is 1. The van der Waals surface area contributed by atoms with Crippen LogP contribution < -0.4 is 0 Å². The molecule has 0 fully saturated rings. The second kappa shape index (κ2) is 7.99. The number of rotatable bonds is 7. The normalized spacial score (nSPS) is 14.2. The Morgan fingerprint density at radius 1 is 1.54 bits per heavy atom. The van der Waals surface area contributed by atoms with E-state index in [0.29, 0.717) is 0 Å². The molecule has 0 saturated carbocycles. The van der Waals surface area contributed by atoms with Gasteiger partial charge in [-0.1, -0.05) is 25.3 Å². The van der Waals surface area contributed by atoms with Gasteiger partial charge in [0.25, 0.3) is 0 Å². The lowest BCUT2D eigenvalue weighted by Crippen LogP contribution is -2.10. The fourth-order valence-corrected chi connectivity index (χ4v) is 1.28. The lowest BCUT2D eigenvalue weighted by molar-refractivity contribution is -0.104. The second-order valence-corrected chi connectivity index (χ2v) is 3.35. The third kappa shape index (κ3) is 6.52. The van der Waals surface area contributed by atoms with E-state index < -0.39 is 0 Å². The standard InChI is InChI=1S/C11H20O2/c1-4-5-6-11(13-3)9-10(2)7-8-12/h7-8,11H,4-6,9H2,1-3H3/b10-7+. The molecule has 0 aromatic heterocycles. The molecule has 0 amide bonds. The van der Waals surface area contributed by atoms with Crippen molar-refractivity contribution in [3.8, 4) is 0 Å². The third-order valence-corrected chi connectivity index (χ3v) is 2.12. The molecule has 2 heteroatoms. The Labute approximate surface area is 81.0 Å². The molecule has 0 saturated heterocycles. The van der Waals surface area contributed by atoms with Gasteiger partial charge in [-0.25, -0.2) is 0 Å². The van der Waals surface area contributed by atoms with Crippen LogP contribution in [0.15, 0.2) is 11.6 Å². The summed E-state index contributed by atoms with van der Waals surface area (Å²) in [6.45, 7) is 4.13. The Morgan fingerprint density at radius 3 is 2.69 bits per heavy atom. The Balaban J connectivity index is 3.82. The van der Waals surface area contributed by atoms with E-state index in [9.17, 15) is 4.79 Å². The lowest BCUT2D eigenvalue weighted by atomic mass is 10.0. The highest BCUT2D eigenvalue weighted by Gasteiger charge is 2.06. The minimum Gasteiger partial charge on any atom is -0.381 e. The number of hydrogen-bond donors (Lipinski definition) is 0. The van der Waals surface area contributed by atoms with Crippen LogP contribution in [0.5, 0.6) is 0 Å². The monoisotopic (exact) mass is 184 g/mol. The average molecular weight is 184 g/mol. The van der Waals surface area contributed by atoms with Crippen LogP contribution in [-0.2, 0) is 9.53 Å². The second-order valence-electron chi connectivity index (χ2n) is 3.35. The highest BCUT2D eigenvalue weighted by Crippen LogP contribution is 2.13. The Morgan fingerprint density at radius 2 is 2.23 bits per heavy atom. The van der Waals surface area contributed by atoms with E-state index in [1.807, 2.05) is 6.92 Å². The molecule has 76 valence electrons. The molecular formula is C11H20O2. The van der Waals surface area contributed by atoms with E-state index in [0.717, 1.165) is 24.7 Å². The molecule has 0 bridgehead atoms. The molecule has 0 aromatic rings. The molecule has 1 atom stereocenters. The summed E-state index contributed by atoms with van der Waals surface area (Å²) < 4.78 is 5.31. The van der Waals surface area contributed by atoms with Gasteiger partial charge in [0.2, 0.25) is 0 Å². The minimum absolute atomic E-state index is 0.274. The van der Waals surface area contributed by atoms with E-state index in [1.165, 1.54) is 12.8 Å². The average Bonchev–Trinajstić information content (AvgIpc) is 2.12. The first-order valence-corrected chi connectivity index (χ1v) is 4.88. The van der Waals surface area contributed by atoms with Crippen molar-refractivity contribution in [1.82, 2.24) is 0 Å². The molecule has 0 rings (SSSR count). The van der Waals surface area contributed by atoms with Crippen LogP contribution in [0.3, 0.4) is 0 Å². The van der Waals surface area contributed by atoms with Gasteiger partial charge >= 0.3 is 0 Å². The van der Waals surface area contributed by atoms with Crippen molar-refractivity contribution in [2.75, 3.05) is 7.11 Å². The molecule has 2 nitrogen and oxygen atoms in total. The highest BCUT2D eigenvalue weighted by atomic mass is 16.5. The van der Waals surface area contributed by atoms with E-state index in [1.54, 1.807) is 13.2 Å². The summed E-state index contributed by atoms with van der Waals surface area (Å²) in [5.74, 6) is 0. The van der Waals surface area contributed by atoms with Gasteiger partial charge in [0.15, 0.2) is 0 Å². The molecule has 0 spiro atoms. The topological polar surface area (TPSA) is 26.3 Å². The fraction of sp³-hybridized carbons (Fsp3) is 0.727. The summed E-state index contributed by atoms with van der Waals surface area (Å²) >= 11 is 0. The van der Waals surface area contributed by atoms with Crippen LogP contribution in [0.25, 0.3) is 0 Å². The maximum absolute atomic E-state index is 10.2. The van der Waals surface area contributed by atoms with Gasteiger partial charge in [-0.2, -0.15) is 0 Å². The smallest absolute Gasteiger partial charge is 0.142 e. The number of unbranched alkanes of at least 4 members (excludes halogenated alkanes) is 1. The van der Waals surface area contributed by atoms with Gasteiger partial charge in [0, 0.05) is 7.11 Å². The summed E-state index contributed by atoms with van der Waals surface area (Å²) in [6.07, 6.45) is 7.05. The van der Waals surface area contributed by atoms with E-state index >= 15 is 0 Å². The number of aldehydes is 1. The number of carbonyl (C=O) groups is 1. The van der Waals surface area contributed by atoms with Gasteiger partial charge in [0.1, 0.15) is 6.29 Å². The van der Waals surface area contributed by atoms with Crippen molar-refractivity contribution in [3.05, 3.63) is 11.6 Å². The van der Waals surface area contributed by atoms with Crippen molar-refractivity contribution >= 4 is 6.29 Å². The van der Waals surface area contributed by atoms with Crippen molar-refractivity contribution in [2.45, 2.75) is 45.6 Å². The molecular weight excluding hydrogens is 164 g/mol. The van der Waals surface area contributed by atoms with E-state index in [2.05, 4.69) is 6.92 Å². The molecule has 0 aliphatic rings. The molecule has 0 aliphatic carbocycles. The van der Waals surface area contributed by atoms with Gasteiger partial charge in [0.05, 0.1) is 6.10 Å².